The predicted molar refractivity (Wildman–Crippen MR) is 78.5 cm³/mol. The second-order valence-electron chi connectivity index (χ2n) is 4.95. The minimum atomic E-state index is -0.209. The zero-order valence-corrected chi connectivity index (χ0v) is 12.1. The summed E-state index contributed by atoms with van der Waals surface area (Å²) < 4.78 is 4.94. The molecule has 3 heterocycles. The number of rotatable bonds is 3. The molecule has 2 aromatic heterocycles. The quantitative estimate of drug-likeness (QED) is 0.940. The van der Waals surface area contributed by atoms with Crippen LogP contribution in [0.5, 0.6) is 0 Å². The number of aromatic nitrogens is 2. The van der Waals surface area contributed by atoms with E-state index >= 15 is 0 Å². The summed E-state index contributed by atoms with van der Waals surface area (Å²) in [5.41, 5.74) is 0.369. The van der Waals surface area contributed by atoms with Gasteiger partial charge in [0.1, 0.15) is 0 Å². The van der Waals surface area contributed by atoms with Crippen molar-refractivity contribution in [2.75, 3.05) is 18.0 Å². The second-order valence-corrected chi connectivity index (χ2v) is 5.29. The Hall–Kier alpha value is -2.08. The lowest BCUT2D eigenvalue weighted by Crippen LogP contribution is -2.48. The Morgan fingerprint density at radius 1 is 1.48 bits per heavy atom. The van der Waals surface area contributed by atoms with Crippen molar-refractivity contribution in [2.24, 2.45) is 0 Å². The van der Waals surface area contributed by atoms with Crippen molar-refractivity contribution in [1.29, 1.82) is 0 Å². The Balaban J connectivity index is 1.64. The van der Waals surface area contributed by atoms with Crippen LogP contribution in [-0.4, -0.2) is 35.2 Å². The highest BCUT2D eigenvalue weighted by Gasteiger charge is 2.24. The normalized spacial score (nSPS) is 18.5. The standard InChI is InChI=1S/C14H15ClN4O2/c15-13-11(5-8-21-13)14(20)17-10-3-2-7-19(9-10)12-4-1-6-16-18-12/h1,4-6,8,10H,2-3,7,9H2,(H,17,20). The van der Waals surface area contributed by atoms with Crippen LogP contribution in [-0.2, 0) is 0 Å². The van der Waals surface area contributed by atoms with Gasteiger partial charge in [-0.2, -0.15) is 5.10 Å². The molecule has 0 bridgehead atoms. The maximum absolute atomic E-state index is 12.1. The van der Waals surface area contributed by atoms with Crippen LogP contribution in [0.25, 0.3) is 0 Å². The number of carbonyl (C=O) groups is 1. The summed E-state index contributed by atoms with van der Waals surface area (Å²) in [5, 5.41) is 11.1. The van der Waals surface area contributed by atoms with Crippen molar-refractivity contribution in [1.82, 2.24) is 15.5 Å². The average molecular weight is 307 g/mol. The van der Waals surface area contributed by atoms with Gasteiger partial charge in [0.2, 0.25) is 5.22 Å². The molecular formula is C14H15ClN4O2. The van der Waals surface area contributed by atoms with Gasteiger partial charge in [-0.25, -0.2) is 0 Å². The number of anilines is 1. The first-order chi connectivity index (χ1) is 10.2. The van der Waals surface area contributed by atoms with Crippen LogP contribution in [0, 0.1) is 0 Å². The molecule has 1 amide bonds. The first kappa shape index (κ1) is 13.9. The molecular weight excluding hydrogens is 292 g/mol. The molecule has 110 valence electrons. The number of hydrogen-bond donors (Lipinski definition) is 1. The molecule has 1 unspecified atom stereocenters. The Kier molecular flexibility index (Phi) is 4.06. The molecule has 0 aromatic carbocycles. The largest absolute Gasteiger partial charge is 0.452 e. The molecule has 6 nitrogen and oxygen atoms in total. The lowest BCUT2D eigenvalue weighted by Gasteiger charge is -2.33. The monoisotopic (exact) mass is 306 g/mol. The van der Waals surface area contributed by atoms with Gasteiger partial charge in [0.05, 0.1) is 11.8 Å². The second kappa shape index (κ2) is 6.13. The van der Waals surface area contributed by atoms with Gasteiger partial charge in [0.25, 0.3) is 5.91 Å². The summed E-state index contributed by atoms with van der Waals surface area (Å²) in [6.45, 7) is 1.62. The van der Waals surface area contributed by atoms with Crippen LogP contribution >= 0.6 is 11.6 Å². The topological polar surface area (TPSA) is 71.3 Å². The van der Waals surface area contributed by atoms with E-state index in [2.05, 4.69) is 20.4 Å². The first-order valence-electron chi connectivity index (χ1n) is 6.80. The highest BCUT2D eigenvalue weighted by molar-refractivity contribution is 6.32. The zero-order chi connectivity index (χ0) is 14.7. The number of carbonyl (C=O) groups excluding carboxylic acids is 1. The van der Waals surface area contributed by atoms with E-state index in [1.54, 1.807) is 12.3 Å². The number of amides is 1. The summed E-state index contributed by atoms with van der Waals surface area (Å²) in [6, 6.07) is 5.40. The summed E-state index contributed by atoms with van der Waals surface area (Å²) in [4.78, 5) is 14.3. The maximum atomic E-state index is 12.1. The van der Waals surface area contributed by atoms with E-state index in [4.69, 9.17) is 16.0 Å². The first-order valence-corrected chi connectivity index (χ1v) is 7.18. The third-order valence-corrected chi connectivity index (χ3v) is 3.79. The van der Waals surface area contributed by atoms with Gasteiger partial charge in [0.15, 0.2) is 5.82 Å². The van der Waals surface area contributed by atoms with E-state index in [0.29, 0.717) is 12.1 Å². The van der Waals surface area contributed by atoms with Crippen molar-refractivity contribution in [3.8, 4) is 0 Å². The molecule has 0 saturated carbocycles. The van der Waals surface area contributed by atoms with Gasteiger partial charge in [-0.05, 0) is 42.6 Å². The van der Waals surface area contributed by atoms with E-state index in [1.165, 1.54) is 6.26 Å². The Morgan fingerprint density at radius 2 is 2.38 bits per heavy atom. The SMILES string of the molecule is O=C(NC1CCCN(c2cccnn2)C1)c1ccoc1Cl. The summed E-state index contributed by atoms with van der Waals surface area (Å²) in [6.07, 6.45) is 4.97. The number of nitrogens with one attached hydrogen (secondary N) is 1. The van der Waals surface area contributed by atoms with Crippen LogP contribution in [0.4, 0.5) is 5.82 Å². The Labute approximate surface area is 127 Å². The molecule has 1 saturated heterocycles. The number of furan rings is 1. The van der Waals surface area contributed by atoms with Crippen LogP contribution in [0.15, 0.2) is 35.1 Å². The number of halogens is 1. The summed E-state index contributed by atoms with van der Waals surface area (Å²) in [7, 11) is 0. The lowest BCUT2D eigenvalue weighted by molar-refractivity contribution is 0.0932. The molecule has 1 N–H and O–H groups in total. The van der Waals surface area contributed by atoms with Gasteiger partial charge in [-0.1, -0.05) is 0 Å². The molecule has 0 spiro atoms. The van der Waals surface area contributed by atoms with Gasteiger partial charge in [-0.15, -0.1) is 5.10 Å². The average Bonchev–Trinajstić information content (AvgIpc) is 2.95. The highest BCUT2D eigenvalue weighted by Crippen LogP contribution is 2.19. The molecule has 1 aliphatic rings. The molecule has 21 heavy (non-hydrogen) atoms. The number of nitrogens with zero attached hydrogens (tertiary/aromatic N) is 3. The molecule has 0 radical (unpaired) electrons. The lowest BCUT2D eigenvalue weighted by atomic mass is 10.1. The molecule has 0 aliphatic carbocycles. The van der Waals surface area contributed by atoms with Crippen LogP contribution in [0.3, 0.4) is 0 Å². The molecule has 1 aliphatic heterocycles. The fraction of sp³-hybridized carbons (Fsp3) is 0.357. The zero-order valence-electron chi connectivity index (χ0n) is 11.3. The van der Waals surface area contributed by atoms with Gasteiger partial charge < -0.3 is 14.6 Å². The fourth-order valence-electron chi connectivity index (χ4n) is 2.48. The van der Waals surface area contributed by atoms with Gasteiger partial charge in [0, 0.05) is 25.3 Å². The summed E-state index contributed by atoms with van der Waals surface area (Å²) in [5.74, 6) is 0.623. The van der Waals surface area contributed by atoms with Crippen LogP contribution in [0.2, 0.25) is 5.22 Å². The highest BCUT2D eigenvalue weighted by atomic mass is 35.5. The van der Waals surface area contributed by atoms with E-state index in [0.717, 1.165) is 25.2 Å². The molecule has 1 fully saturated rings. The van der Waals surface area contributed by atoms with E-state index in [9.17, 15) is 4.79 Å². The van der Waals surface area contributed by atoms with Crippen molar-refractivity contribution >= 4 is 23.3 Å². The smallest absolute Gasteiger partial charge is 0.256 e. The Morgan fingerprint density at radius 3 is 3.10 bits per heavy atom. The summed E-state index contributed by atoms with van der Waals surface area (Å²) >= 11 is 5.82. The molecule has 3 rings (SSSR count). The van der Waals surface area contributed by atoms with Crippen LogP contribution < -0.4 is 10.2 Å². The maximum Gasteiger partial charge on any atom is 0.256 e. The van der Waals surface area contributed by atoms with E-state index < -0.39 is 0 Å². The number of hydrogen-bond acceptors (Lipinski definition) is 5. The van der Waals surface area contributed by atoms with Crippen molar-refractivity contribution in [2.45, 2.75) is 18.9 Å². The molecule has 2 aromatic rings. The minimum absolute atomic E-state index is 0.0548. The molecule has 7 heteroatoms. The van der Waals surface area contributed by atoms with Crippen LogP contribution in [0.1, 0.15) is 23.2 Å². The third kappa shape index (κ3) is 3.16. The number of piperidine rings is 1. The predicted octanol–water partition coefficient (Wildman–Crippen LogP) is 2.12. The minimum Gasteiger partial charge on any atom is -0.452 e. The van der Waals surface area contributed by atoms with Crippen molar-refractivity contribution in [3.05, 3.63) is 41.4 Å². The third-order valence-electron chi connectivity index (χ3n) is 3.50. The fourth-order valence-corrected chi connectivity index (χ4v) is 2.68. The molecule has 1 atom stereocenters. The van der Waals surface area contributed by atoms with Gasteiger partial charge >= 0.3 is 0 Å². The van der Waals surface area contributed by atoms with Gasteiger partial charge in [-0.3, -0.25) is 4.79 Å². The van der Waals surface area contributed by atoms with E-state index in [-0.39, 0.29) is 17.2 Å². The van der Waals surface area contributed by atoms with E-state index in [1.807, 2.05) is 12.1 Å². The van der Waals surface area contributed by atoms with Crippen molar-refractivity contribution < 1.29 is 9.21 Å². The Bertz CT molecular complexity index is 616. The van der Waals surface area contributed by atoms with Crippen molar-refractivity contribution in [3.63, 3.8) is 0 Å².